The SMILES string of the molecule is CCCCC1(C#N)C=CCC(C)=C1. The second-order valence-electron chi connectivity index (χ2n) is 3.85. The fraction of sp³-hybridized carbons (Fsp3) is 0.583. The van der Waals surface area contributed by atoms with Crippen molar-refractivity contribution in [3.8, 4) is 6.07 Å². The van der Waals surface area contributed by atoms with Crippen LogP contribution in [0.1, 0.15) is 39.5 Å². The van der Waals surface area contributed by atoms with Gasteiger partial charge in [0, 0.05) is 0 Å². The minimum absolute atomic E-state index is 0.293. The molecule has 1 unspecified atom stereocenters. The zero-order chi connectivity index (χ0) is 9.73. The van der Waals surface area contributed by atoms with Crippen molar-refractivity contribution < 1.29 is 0 Å². The molecule has 0 radical (unpaired) electrons. The van der Waals surface area contributed by atoms with Gasteiger partial charge in [0.05, 0.1) is 11.5 Å². The lowest BCUT2D eigenvalue weighted by molar-refractivity contribution is 0.531. The highest BCUT2D eigenvalue weighted by Crippen LogP contribution is 2.32. The summed E-state index contributed by atoms with van der Waals surface area (Å²) in [6, 6.07) is 2.42. The molecule has 1 heteroatoms. The monoisotopic (exact) mass is 175 g/mol. The van der Waals surface area contributed by atoms with Crippen LogP contribution in [0.2, 0.25) is 0 Å². The van der Waals surface area contributed by atoms with E-state index < -0.39 is 0 Å². The normalized spacial score (nSPS) is 26.7. The Kier molecular flexibility index (Phi) is 3.31. The van der Waals surface area contributed by atoms with Crippen molar-refractivity contribution in [2.45, 2.75) is 39.5 Å². The molecule has 0 saturated heterocycles. The molecule has 0 saturated carbocycles. The Morgan fingerprint density at radius 2 is 2.38 bits per heavy atom. The van der Waals surface area contributed by atoms with E-state index in [0.29, 0.717) is 0 Å². The Balaban J connectivity index is 2.75. The fourth-order valence-corrected chi connectivity index (χ4v) is 1.75. The summed E-state index contributed by atoms with van der Waals surface area (Å²) >= 11 is 0. The lowest BCUT2D eigenvalue weighted by atomic mass is 9.79. The molecule has 0 spiro atoms. The number of unbranched alkanes of at least 4 members (excludes halogenated alkanes) is 1. The number of rotatable bonds is 3. The van der Waals surface area contributed by atoms with E-state index in [-0.39, 0.29) is 5.41 Å². The summed E-state index contributed by atoms with van der Waals surface area (Å²) < 4.78 is 0. The van der Waals surface area contributed by atoms with Crippen molar-refractivity contribution in [2.24, 2.45) is 5.41 Å². The topological polar surface area (TPSA) is 23.8 Å². The first kappa shape index (κ1) is 10.1. The van der Waals surface area contributed by atoms with Crippen LogP contribution < -0.4 is 0 Å². The summed E-state index contributed by atoms with van der Waals surface area (Å²) in [5.74, 6) is 0. The molecule has 1 nitrogen and oxygen atoms in total. The highest BCUT2D eigenvalue weighted by atomic mass is 14.4. The molecule has 0 aromatic carbocycles. The zero-order valence-corrected chi connectivity index (χ0v) is 8.51. The van der Waals surface area contributed by atoms with E-state index in [0.717, 1.165) is 25.7 Å². The van der Waals surface area contributed by atoms with Gasteiger partial charge in [-0.1, -0.05) is 43.6 Å². The van der Waals surface area contributed by atoms with Crippen molar-refractivity contribution in [3.05, 3.63) is 23.8 Å². The van der Waals surface area contributed by atoms with Gasteiger partial charge in [0.1, 0.15) is 0 Å². The van der Waals surface area contributed by atoms with Crippen LogP contribution in [-0.2, 0) is 0 Å². The van der Waals surface area contributed by atoms with Gasteiger partial charge in [-0.3, -0.25) is 0 Å². The molecule has 13 heavy (non-hydrogen) atoms. The Morgan fingerprint density at radius 1 is 1.62 bits per heavy atom. The Morgan fingerprint density at radius 3 is 2.92 bits per heavy atom. The summed E-state index contributed by atoms with van der Waals surface area (Å²) in [5, 5.41) is 9.14. The second kappa shape index (κ2) is 4.28. The molecule has 1 aliphatic rings. The molecule has 1 atom stereocenters. The summed E-state index contributed by atoms with van der Waals surface area (Å²) in [6.07, 6.45) is 10.6. The molecule has 0 fully saturated rings. The molecule has 0 amide bonds. The van der Waals surface area contributed by atoms with Crippen molar-refractivity contribution in [3.63, 3.8) is 0 Å². The van der Waals surface area contributed by atoms with E-state index in [4.69, 9.17) is 5.26 Å². The van der Waals surface area contributed by atoms with Gasteiger partial charge in [0.15, 0.2) is 0 Å². The number of hydrogen-bond donors (Lipinski definition) is 0. The zero-order valence-electron chi connectivity index (χ0n) is 8.51. The summed E-state index contributed by atoms with van der Waals surface area (Å²) in [6.45, 7) is 4.26. The van der Waals surface area contributed by atoms with E-state index in [1.807, 2.05) is 0 Å². The van der Waals surface area contributed by atoms with E-state index in [1.165, 1.54) is 5.57 Å². The maximum Gasteiger partial charge on any atom is 0.0936 e. The standard InChI is InChI=1S/C12H17N/c1-3-4-7-12(10-13)8-5-6-11(2)9-12/h5,8-9H,3-4,6-7H2,1-2H3. The molecule has 0 N–H and O–H groups in total. The molecule has 0 aromatic rings. The predicted octanol–water partition coefficient (Wildman–Crippen LogP) is 3.59. The lowest BCUT2D eigenvalue weighted by Gasteiger charge is -2.22. The molecule has 0 heterocycles. The van der Waals surface area contributed by atoms with Gasteiger partial charge in [-0.15, -0.1) is 0 Å². The third-order valence-electron chi connectivity index (χ3n) is 2.51. The van der Waals surface area contributed by atoms with Gasteiger partial charge in [-0.25, -0.2) is 0 Å². The number of allylic oxidation sites excluding steroid dienone is 4. The first-order valence-electron chi connectivity index (χ1n) is 5.00. The van der Waals surface area contributed by atoms with Gasteiger partial charge in [-0.05, 0) is 19.8 Å². The number of hydrogen-bond acceptors (Lipinski definition) is 1. The van der Waals surface area contributed by atoms with Crippen LogP contribution in [0.25, 0.3) is 0 Å². The van der Waals surface area contributed by atoms with E-state index in [2.05, 4.69) is 38.1 Å². The molecule has 1 aliphatic carbocycles. The van der Waals surface area contributed by atoms with Crippen molar-refractivity contribution in [2.75, 3.05) is 0 Å². The van der Waals surface area contributed by atoms with Gasteiger partial charge < -0.3 is 0 Å². The molecule has 70 valence electrons. The van der Waals surface area contributed by atoms with E-state index in [1.54, 1.807) is 0 Å². The maximum absolute atomic E-state index is 9.14. The minimum Gasteiger partial charge on any atom is -0.197 e. The summed E-state index contributed by atoms with van der Waals surface area (Å²) in [7, 11) is 0. The number of nitriles is 1. The van der Waals surface area contributed by atoms with Gasteiger partial charge in [0.25, 0.3) is 0 Å². The average molecular weight is 175 g/mol. The van der Waals surface area contributed by atoms with Crippen LogP contribution in [0.15, 0.2) is 23.8 Å². The first-order valence-corrected chi connectivity index (χ1v) is 5.00. The maximum atomic E-state index is 9.14. The van der Waals surface area contributed by atoms with Crippen molar-refractivity contribution in [1.29, 1.82) is 5.26 Å². The van der Waals surface area contributed by atoms with E-state index in [9.17, 15) is 0 Å². The van der Waals surface area contributed by atoms with Crippen molar-refractivity contribution >= 4 is 0 Å². The highest BCUT2D eigenvalue weighted by molar-refractivity contribution is 5.30. The first-order chi connectivity index (χ1) is 6.22. The quantitative estimate of drug-likeness (QED) is 0.601. The Bertz CT molecular complexity index is 267. The molecule has 0 aromatic heterocycles. The average Bonchev–Trinajstić information content (AvgIpc) is 2.15. The Labute approximate surface area is 80.8 Å². The van der Waals surface area contributed by atoms with Crippen LogP contribution in [0.3, 0.4) is 0 Å². The third-order valence-corrected chi connectivity index (χ3v) is 2.51. The lowest BCUT2D eigenvalue weighted by Crippen LogP contribution is -2.15. The second-order valence-corrected chi connectivity index (χ2v) is 3.85. The number of nitrogens with zero attached hydrogens (tertiary/aromatic N) is 1. The van der Waals surface area contributed by atoms with E-state index >= 15 is 0 Å². The largest absolute Gasteiger partial charge is 0.197 e. The Hall–Kier alpha value is -1.03. The summed E-state index contributed by atoms with van der Waals surface area (Å²) in [4.78, 5) is 0. The molecule has 0 bridgehead atoms. The van der Waals surface area contributed by atoms with Gasteiger partial charge in [0.2, 0.25) is 0 Å². The fourth-order valence-electron chi connectivity index (χ4n) is 1.75. The van der Waals surface area contributed by atoms with Crippen LogP contribution in [0.5, 0.6) is 0 Å². The molecular formula is C12H17N. The van der Waals surface area contributed by atoms with Crippen molar-refractivity contribution in [1.82, 2.24) is 0 Å². The third kappa shape index (κ3) is 2.45. The van der Waals surface area contributed by atoms with Crippen LogP contribution in [-0.4, -0.2) is 0 Å². The molecular weight excluding hydrogens is 158 g/mol. The van der Waals surface area contributed by atoms with Crippen LogP contribution >= 0.6 is 0 Å². The van der Waals surface area contributed by atoms with Crippen LogP contribution in [0, 0.1) is 16.7 Å². The van der Waals surface area contributed by atoms with Gasteiger partial charge >= 0.3 is 0 Å². The highest BCUT2D eigenvalue weighted by Gasteiger charge is 2.25. The van der Waals surface area contributed by atoms with Gasteiger partial charge in [-0.2, -0.15) is 5.26 Å². The minimum atomic E-state index is -0.293. The molecule has 0 aliphatic heterocycles. The molecule has 1 rings (SSSR count). The predicted molar refractivity (Wildman–Crippen MR) is 55.1 cm³/mol. The smallest absolute Gasteiger partial charge is 0.0936 e. The van der Waals surface area contributed by atoms with Crippen LogP contribution in [0.4, 0.5) is 0 Å². The summed E-state index contributed by atoms with van der Waals surface area (Å²) in [5.41, 5.74) is 1.03.